The summed E-state index contributed by atoms with van der Waals surface area (Å²) in [5.74, 6) is 0.669. The van der Waals surface area contributed by atoms with Crippen LogP contribution in [0.2, 0.25) is 0 Å². The van der Waals surface area contributed by atoms with Gasteiger partial charge in [-0.25, -0.2) is 9.97 Å². The summed E-state index contributed by atoms with van der Waals surface area (Å²) in [4.78, 5) is 10.1. The quantitative estimate of drug-likeness (QED) is 0.183. The molecule has 5 heteroatoms. The largest absolute Gasteiger partial charge is 0.494 e. The van der Waals surface area contributed by atoms with Crippen molar-refractivity contribution in [3.63, 3.8) is 0 Å². The average Bonchev–Trinajstić information content (AvgIpc) is 3.31. The van der Waals surface area contributed by atoms with Crippen molar-refractivity contribution in [2.45, 2.75) is 38.9 Å². The fourth-order valence-electron chi connectivity index (χ4n) is 5.57. The molecule has 2 heterocycles. The van der Waals surface area contributed by atoms with Crippen LogP contribution in [0, 0.1) is 0 Å². The summed E-state index contributed by atoms with van der Waals surface area (Å²) in [6.07, 6.45) is 0. The van der Waals surface area contributed by atoms with Crippen molar-refractivity contribution in [1.82, 2.24) is 9.97 Å². The van der Waals surface area contributed by atoms with E-state index in [1.165, 1.54) is 22.3 Å². The maximum Gasteiger partial charge on any atom is 0.494 e. The molecule has 7 rings (SSSR count). The third kappa shape index (κ3) is 5.85. The molecule has 5 aromatic carbocycles. The van der Waals surface area contributed by atoms with E-state index >= 15 is 0 Å². The minimum Gasteiger partial charge on any atom is -0.399 e. The van der Waals surface area contributed by atoms with Crippen molar-refractivity contribution in [2.24, 2.45) is 0 Å². The van der Waals surface area contributed by atoms with Gasteiger partial charge in [0.15, 0.2) is 5.82 Å². The van der Waals surface area contributed by atoms with E-state index in [-0.39, 0.29) is 0 Å². The molecule has 1 aliphatic heterocycles. The zero-order valence-electron chi connectivity index (χ0n) is 26.1. The van der Waals surface area contributed by atoms with E-state index in [4.69, 9.17) is 19.3 Å². The van der Waals surface area contributed by atoms with Crippen molar-refractivity contribution in [3.8, 4) is 56.2 Å². The van der Waals surface area contributed by atoms with E-state index in [9.17, 15) is 0 Å². The molecule has 220 valence electrons. The van der Waals surface area contributed by atoms with Crippen LogP contribution in [0.3, 0.4) is 0 Å². The Labute approximate surface area is 265 Å². The van der Waals surface area contributed by atoms with Crippen molar-refractivity contribution >= 4 is 12.6 Å². The van der Waals surface area contributed by atoms with Crippen LogP contribution in [0.1, 0.15) is 27.7 Å². The number of rotatable bonds is 6. The van der Waals surface area contributed by atoms with E-state index in [0.717, 1.165) is 33.5 Å². The summed E-state index contributed by atoms with van der Waals surface area (Å²) >= 11 is 0. The summed E-state index contributed by atoms with van der Waals surface area (Å²) in [6.45, 7) is 8.28. The Balaban J connectivity index is 1.25. The zero-order chi connectivity index (χ0) is 31.0. The van der Waals surface area contributed by atoms with Gasteiger partial charge in [0.2, 0.25) is 0 Å². The molecule has 1 aromatic heterocycles. The van der Waals surface area contributed by atoms with Crippen LogP contribution < -0.4 is 5.46 Å². The molecule has 1 fully saturated rings. The molecule has 0 amide bonds. The molecule has 0 radical (unpaired) electrons. The molecule has 0 aliphatic carbocycles. The van der Waals surface area contributed by atoms with Crippen LogP contribution in [0.25, 0.3) is 56.2 Å². The second kappa shape index (κ2) is 11.6. The van der Waals surface area contributed by atoms with Crippen LogP contribution in [0.5, 0.6) is 0 Å². The fourth-order valence-corrected chi connectivity index (χ4v) is 5.57. The second-order valence-electron chi connectivity index (χ2n) is 12.6. The lowest BCUT2D eigenvalue weighted by molar-refractivity contribution is 0.00578. The first-order valence-corrected chi connectivity index (χ1v) is 15.4. The molecule has 0 N–H and O–H groups in total. The smallest absolute Gasteiger partial charge is 0.399 e. The molecule has 4 nitrogen and oxygen atoms in total. The molecule has 0 saturated carbocycles. The molecule has 0 unspecified atom stereocenters. The van der Waals surface area contributed by atoms with Gasteiger partial charge in [-0.05, 0) is 61.5 Å². The molecule has 0 bridgehead atoms. The Kier molecular flexibility index (Phi) is 7.44. The SMILES string of the molecule is CC1(C)OB(c2ccc(-c3nc(-c4ccc(-c5ccccc5)cc4)cc(-c4ccc(-c5ccccc5)cc4)n3)cc2)OC1(C)C. The third-order valence-electron chi connectivity index (χ3n) is 9.00. The van der Waals surface area contributed by atoms with Crippen LogP contribution in [-0.4, -0.2) is 28.3 Å². The highest BCUT2D eigenvalue weighted by Crippen LogP contribution is 2.37. The summed E-state index contributed by atoms with van der Waals surface area (Å²) in [5, 5.41) is 0. The lowest BCUT2D eigenvalue weighted by Gasteiger charge is -2.32. The Morgan fingerprint density at radius 3 is 1.20 bits per heavy atom. The maximum absolute atomic E-state index is 6.28. The number of nitrogens with zero attached hydrogens (tertiary/aromatic N) is 2. The molecular formula is C40H35BN2O2. The number of aromatic nitrogens is 2. The monoisotopic (exact) mass is 586 g/mol. The standard InChI is InChI=1S/C40H35BN2O2/c1-39(2)40(3,4)45-41(44-39)35-25-23-34(24-26-35)38-42-36(32-19-15-30(16-20-32)28-11-7-5-8-12-28)27-37(43-38)33-21-17-31(18-22-33)29-13-9-6-10-14-29/h5-27H,1-4H3. The molecule has 1 aliphatic rings. The minimum absolute atomic E-state index is 0.394. The summed E-state index contributed by atoms with van der Waals surface area (Å²) in [5.41, 5.74) is 9.65. The van der Waals surface area contributed by atoms with Gasteiger partial charge in [-0.2, -0.15) is 0 Å². The Morgan fingerprint density at radius 2 is 0.778 bits per heavy atom. The van der Waals surface area contributed by atoms with Gasteiger partial charge >= 0.3 is 7.12 Å². The highest BCUT2D eigenvalue weighted by atomic mass is 16.7. The third-order valence-corrected chi connectivity index (χ3v) is 9.00. The van der Waals surface area contributed by atoms with E-state index < -0.39 is 18.3 Å². The van der Waals surface area contributed by atoms with Gasteiger partial charge in [0, 0.05) is 16.7 Å². The van der Waals surface area contributed by atoms with E-state index in [1.54, 1.807) is 0 Å². The fraction of sp³-hybridized carbons (Fsp3) is 0.150. The Morgan fingerprint density at radius 1 is 0.422 bits per heavy atom. The lowest BCUT2D eigenvalue weighted by atomic mass is 9.79. The van der Waals surface area contributed by atoms with Gasteiger partial charge in [0.1, 0.15) is 0 Å². The topological polar surface area (TPSA) is 44.2 Å². The highest BCUT2D eigenvalue weighted by molar-refractivity contribution is 6.62. The Bertz CT molecular complexity index is 1800. The Hall–Kier alpha value is -4.84. The lowest BCUT2D eigenvalue weighted by Crippen LogP contribution is -2.41. The first kappa shape index (κ1) is 28.9. The predicted molar refractivity (Wildman–Crippen MR) is 185 cm³/mol. The van der Waals surface area contributed by atoms with Gasteiger partial charge < -0.3 is 9.31 Å². The van der Waals surface area contributed by atoms with Gasteiger partial charge in [-0.15, -0.1) is 0 Å². The summed E-state index contributed by atoms with van der Waals surface area (Å²) < 4.78 is 12.6. The summed E-state index contributed by atoms with van der Waals surface area (Å²) in [6, 6.07) is 48.3. The van der Waals surface area contributed by atoms with E-state index in [0.29, 0.717) is 5.82 Å². The molecular weight excluding hydrogens is 551 g/mol. The van der Waals surface area contributed by atoms with Crippen molar-refractivity contribution in [1.29, 1.82) is 0 Å². The van der Waals surface area contributed by atoms with Gasteiger partial charge in [0.05, 0.1) is 22.6 Å². The predicted octanol–water partition coefficient (Wildman–Crippen LogP) is 9.11. The number of hydrogen-bond donors (Lipinski definition) is 0. The van der Waals surface area contributed by atoms with Crippen LogP contribution in [-0.2, 0) is 9.31 Å². The van der Waals surface area contributed by atoms with Crippen LogP contribution in [0.4, 0.5) is 0 Å². The van der Waals surface area contributed by atoms with E-state index in [2.05, 4.69) is 155 Å². The molecule has 0 atom stereocenters. The first-order chi connectivity index (χ1) is 21.8. The highest BCUT2D eigenvalue weighted by Gasteiger charge is 2.51. The number of hydrogen-bond acceptors (Lipinski definition) is 4. The van der Waals surface area contributed by atoms with Crippen LogP contribution >= 0.6 is 0 Å². The van der Waals surface area contributed by atoms with Crippen molar-refractivity contribution < 1.29 is 9.31 Å². The molecule has 6 aromatic rings. The van der Waals surface area contributed by atoms with Gasteiger partial charge in [-0.1, -0.05) is 133 Å². The van der Waals surface area contributed by atoms with Crippen molar-refractivity contribution in [2.75, 3.05) is 0 Å². The first-order valence-electron chi connectivity index (χ1n) is 15.4. The molecule has 1 saturated heterocycles. The van der Waals surface area contributed by atoms with Gasteiger partial charge in [0.25, 0.3) is 0 Å². The summed E-state index contributed by atoms with van der Waals surface area (Å²) in [7, 11) is -0.418. The van der Waals surface area contributed by atoms with Crippen molar-refractivity contribution in [3.05, 3.63) is 140 Å². The second-order valence-corrected chi connectivity index (χ2v) is 12.6. The van der Waals surface area contributed by atoms with Crippen LogP contribution in [0.15, 0.2) is 140 Å². The van der Waals surface area contributed by atoms with Gasteiger partial charge in [-0.3, -0.25) is 0 Å². The average molecular weight is 587 g/mol. The maximum atomic E-state index is 6.28. The number of benzene rings is 5. The molecule has 0 spiro atoms. The normalized spacial score (nSPS) is 15.2. The van der Waals surface area contributed by atoms with E-state index in [1.807, 2.05) is 12.1 Å². The minimum atomic E-state index is -0.418. The molecule has 45 heavy (non-hydrogen) atoms. The zero-order valence-corrected chi connectivity index (χ0v) is 26.1.